The number of alkyl halides is 4. The van der Waals surface area contributed by atoms with Crippen molar-refractivity contribution in [1.29, 1.82) is 0 Å². The van der Waals surface area contributed by atoms with Gasteiger partial charge in [0, 0.05) is 37.8 Å². The van der Waals surface area contributed by atoms with Gasteiger partial charge in [0.05, 0.1) is 22.8 Å². The smallest absolute Gasteiger partial charge is 0.436 e. The number of anilines is 1. The molecule has 7 nitrogen and oxygen atoms in total. The summed E-state index contributed by atoms with van der Waals surface area (Å²) in [6.45, 7) is 0.816. The Morgan fingerprint density at radius 3 is 2.44 bits per heavy atom. The summed E-state index contributed by atoms with van der Waals surface area (Å²) in [5, 5.41) is 14.3. The lowest BCUT2D eigenvalue weighted by Crippen LogP contribution is -2.64. The highest BCUT2D eigenvalue weighted by Crippen LogP contribution is 2.36. The van der Waals surface area contributed by atoms with Crippen molar-refractivity contribution in [3.63, 3.8) is 0 Å². The number of ether oxygens (including phenoxy) is 1. The maximum absolute atomic E-state index is 16.1. The molecular weight excluding hydrogens is 563 g/mol. The van der Waals surface area contributed by atoms with Crippen molar-refractivity contribution in [1.82, 2.24) is 14.7 Å². The molecule has 1 aliphatic heterocycles. The number of rotatable bonds is 7. The van der Waals surface area contributed by atoms with E-state index in [4.69, 9.17) is 27.9 Å². The number of aliphatic hydroxyl groups is 1. The van der Waals surface area contributed by atoms with Gasteiger partial charge < -0.3 is 19.6 Å². The molecular formula is C26H26Cl2F4N4O3. The molecule has 0 bridgehead atoms. The van der Waals surface area contributed by atoms with Crippen molar-refractivity contribution in [2.24, 2.45) is 0 Å². The molecule has 2 aromatic carbocycles. The standard InChI is InChI=1S/C26H26Cl2F4N4O3/c1-16-23(28)24(26(30,31)32)33-36(16)15-22(37)35-11-10-34(18-8-9-19(27)20(12-18)39-2)14-21(35)25(29,38)13-17-6-4-3-5-7-17/h3-9,12,21,38H,10-11,13-15H2,1-2H3. The summed E-state index contributed by atoms with van der Waals surface area (Å²) in [5.41, 5.74) is -0.225. The van der Waals surface area contributed by atoms with Crippen LogP contribution in [0.15, 0.2) is 48.5 Å². The van der Waals surface area contributed by atoms with Crippen molar-refractivity contribution in [2.45, 2.75) is 38.0 Å². The molecule has 2 unspecified atom stereocenters. The van der Waals surface area contributed by atoms with Crippen LogP contribution in [0.5, 0.6) is 5.75 Å². The highest BCUT2D eigenvalue weighted by atomic mass is 35.5. The Balaban J connectivity index is 1.64. The molecule has 1 amide bonds. The van der Waals surface area contributed by atoms with Gasteiger partial charge in [-0.1, -0.05) is 53.5 Å². The second kappa shape index (κ2) is 11.2. The predicted octanol–water partition coefficient (Wildman–Crippen LogP) is 5.14. The summed E-state index contributed by atoms with van der Waals surface area (Å²) in [4.78, 5) is 16.3. The summed E-state index contributed by atoms with van der Waals surface area (Å²) in [7, 11) is 1.46. The van der Waals surface area contributed by atoms with Gasteiger partial charge in [0.2, 0.25) is 11.8 Å². The average Bonchev–Trinajstić information content (AvgIpc) is 3.18. The lowest BCUT2D eigenvalue weighted by Gasteiger charge is -2.46. The normalized spacial score (nSPS) is 17.7. The molecule has 0 radical (unpaired) electrons. The predicted molar refractivity (Wildman–Crippen MR) is 139 cm³/mol. The summed E-state index contributed by atoms with van der Waals surface area (Å²) in [6, 6.07) is 12.1. The topological polar surface area (TPSA) is 70.8 Å². The zero-order valence-electron chi connectivity index (χ0n) is 21.1. The van der Waals surface area contributed by atoms with E-state index in [1.165, 1.54) is 14.0 Å². The van der Waals surface area contributed by atoms with E-state index in [9.17, 15) is 23.1 Å². The van der Waals surface area contributed by atoms with Crippen LogP contribution in [0.3, 0.4) is 0 Å². The third-order valence-electron chi connectivity index (χ3n) is 6.69. The summed E-state index contributed by atoms with van der Waals surface area (Å²) >= 11 is 12.0. The minimum atomic E-state index is -4.81. The van der Waals surface area contributed by atoms with E-state index in [0.717, 1.165) is 9.58 Å². The fraction of sp³-hybridized carbons (Fsp3) is 0.385. The fourth-order valence-electron chi connectivity index (χ4n) is 4.62. The summed E-state index contributed by atoms with van der Waals surface area (Å²) < 4.78 is 62.1. The van der Waals surface area contributed by atoms with Gasteiger partial charge in [-0.05, 0) is 24.6 Å². The number of hydrogen-bond donors (Lipinski definition) is 1. The third kappa shape index (κ3) is 6.26. The maximum Gasteiger partial charge on any atom is 0.436 e. The van der Waals surface area contributed by atoms with Crippen LogP contribution in [0.1, 0.15) is 17.0 Å². The molecule has 1 aromatic heterocycles. The van der Waals surface area contributed by atoms with Gasteiger partial charge in [-0.15, -0.1) is 0 Å². The van der Waals surface area contributed by atoms with E-state index < -0.39 is 47.7 Å². The van der Waals surface area contributed by atoms with E-state index in [1.54, 1.807) is 53.4 Å². The van der Waals surface area contributed by atoms with E-state index in [2.05, 4.69) is 5.10 Å². The number of aromatic nitrogens is 2. The number of benzene rings is 2. The van der Waals surface area contributed by atoms with Gasteiger partial charge in [0.1, 0.15) is 18.3 Å². The molecule has 1 aliphatic rings. The van der Waals surface area contributed by atoms with Gasteiger partial charge in [0.15, 0.2) is 5.69 Å². The second-order valence-corrected chi connectivity index (χ2v) is 10.0. The van der Waals surface area contributed by atoms with Gasteiger partial charge in [-0.25, -0.2) is 4.39 Å². The Kier molecular flexibility index (Phi) is 8.34. The Morgan fingerprint density at radius 2 is 1.82 bits per heavy atom. The number of hydrogen-bond acceptors (Lipinski definition) is 5. The van der Waals surface area contributed by atoms with Crippen molar-refractivity contribution >= 4 is 34.8 Å². The Hall–Kier alpha value is -3.02. The quantitative estimate of drug-likeness (QED) is 0.387. The van der Waals surface area contributed by atoms with Gasteiger partial charge in [-0.3, -0.25) is 9.48 Å². The van der Waals surface area contributed by atoms with Crippen LogP contribution in [0.4, 0.5) is 23.2 Å². The molecule has 1 fully saturated rings. The first-order valence-electron chi connectivity index (χ1n) is 11.9. The average molecular weight is 589 g/mol. The number of halogens is 6. The van der Waals surface area contributed by atoms with Gasteiger partial charge in [-0.2, -0.15) is 18.3 Å². The second-order valence-electron chi connectivity index (χ2n) is 9.25. The van der Waals surface area contributed by atoms with Crippen LogP contribution in [0, 0.1) is 6.92 Å². The third-order valence-corrected chi connectivity index (χ3v) is 7.46. The molecule has 2 atom stereocenters. The van der Waals surface area contributed by atoms with Gasteiger partial charge >= 0.3 is 6.18 Å². The lowest BCUT2D eigenvalue weighted by atomic mass is 9.95. The molecule has 4 rings (SSSR count). The number of carbonyl (C=O) groups excluding carboxylic acids is 1. The Bertz CT molecular complexity index is 1330. The highest BCUT2D eigenvalue weighted by Gasteiger charge is 2.46. The first-order chi connectivity index (χ1) is 18.3. The van der Waals surface area contributed by atoms with Crippen LogP contribution in [0.25, 0.3) is 0 Å². The maximum atomic E-state index is 16.1. The van der Waals surface area contributed by atoms with Crippen molar-refractivity contribution in [2.75, 3.05) is 31.6 Å². The zero-order valence-corrected chi connectivity index (χ0v) is 22.6. The monoisotopic (exact) mass is 588 g/mol. The van der Waals surface area contributed by atoms with Crippen LogP contribution in [-0.4, -0.2) is 64.3 Å². The molecule has 3 aromatic rings. The number of nitrogens with zero attached hydrogens (tertiary/aromatic N) is 4. The van der Waals surface area contributed by atoms with E-state index in [1.807, 2.05) is 0 Å². The molecule has 1 N–H and O–H groups in total. The molecule has 0 spiro atoms. The Labute approximate surface area is 232 Å². The summed E-state index contributed by atoms with van der Waals surface area (Å²) in [6.07, 6.45) is -5.22. The molecule has 2 heterocycles. The van der Waals surface area contributed by atoms with Crippen molar-refractivity contribution in [3.8, 4) is 5.75 Å². The molecule has 39 heavy (non-hydrogen) atoms. The minimum absolute atomic E-state index is 0.0182. The number of piperazine rings is 1. The van der Waals surface area contributed by atoms with Crippen molar-refractivity contribution < 1.29 is 32.2 Å². The van der Waals surface area contributed by atoms with Crippen molar-refractivity contribution in [3.05, 3.63) is 75.5 Å². The van der Waals surface area contributed by atoms with Crippen LogP contribution < -0.4 is 9.64 Å². The number of methoxy groups -OCH3 is 1. The van der Waals surface area contributed by atoms with E-state index in [-0.39, 0.29) is 25.3 Å². The zero-order chi connectivity index (χ0) is 28.5. The first kappa shape index (κ1) is 29.0. The highest BCUT2D eigenvalue weighted by molar-refractivity contribution is 6.32. The van der Waals surface area contributed by atoms with E-state index >= 15 is 4.39 Å². The largest absolute Gasteiger partial charge is 0.495 e. The Morgan fingerprint density at radius 1 is 1.13 bits per heavy atom. The molecule has 1 saturated heterocycles. The van der Waals surface area contributed by atoms with Gasteiger partial charge in [0.25, 0.3) is 0 Å². The van der Waals surface area contributed by atoms with Crippen LogP contribution >= 0.6 is 23.2 Å². The fourth-order valence-corrected chi connectivity index (χ4v) is 5.06. The van der Waals surface area contributed by atoms with E-state index in [0.29, 0.717) is 22.0 Å². The lowest BCUT2D eigenvalue weighted by molar-refractivity contribution is -0.167. The van der Waals surface area contributed by atoms with Crippen LogP contribution in [-0.2, 0) is 23.9 Å². The molecule has 0 saturated carbocycles. The van der Waals surface area contributed by atoms with Crippen LogP contribution in [0.2, 0.25) is 10.0 Å². The summed E-state index contributed by atoms with van der Waals surface area (Å²) in [5.74, 6) is -3.19. The number of amides is 1. The first-order valence-corrected chi connectivity index (χ1v) is 12.7. The molecule has 13 heteroatoms. The SMILES string of the molecule is COc1cc(N2CCN(C(=O)Cn3nc(C(F)(F)F)c(Cl)c3C)C(C(O)(F)Cc3ccccc3)C2)ccc1Cl. The molecule has 210 valence electrons. The minimum Gasteiger partial charge on any atom is -0.495 e. The molecule has 0 aliphatic carbocycles. The number of carbonyl (C=O) groups is 1.